The largest absolute Gasteiger partial charge is 0.437 e. The second kappa shape index (κ2) is 14.9. The molecule has 1 saturated heterocycles. The molecular weight excluding hydrogens is 611 g/mol. The maximum atomic E-state index is 12.6. The summed E-state index contributed by atoms with van der Waals surface area (Å²) in [5.74, 6) is -0.0378. The van der Waals surface area contributed by atoms with E-state index in [-0.39, 0.29) is 17.9 Å². The molecule has 15 nitrogen and oxygen atoms in total. The van der Waals surface area contributed by atoms with Crippen molar-refractivity contribution >= 4 is 42.0 Å². The van der Waals surface area contributed by atoms with Crippen LogP contribution in [0.4, 0.5) is 5.82 Å². The Morgan fingerprint density at radius 3 is 2.70 bits per heavy atom. The Bertz CT molecular complexity index is 1280. The van der Waals surface area contributed by atoms with Crippen molar-refractivity contribution in [2.24, 2.45) is 5.41 Å². The van der Waals surface area contributed by atoms with Crippen molar-refractivity contribution in [3.05, 3.63) is 17.5 Å². The van der Waals surface area contributed by atoms with Crippen LogP contribution in [0.2, 0.25) is 5.28 Å². The van der Waals surface area contributed by atoms with Gasteiger partial charge in [0.2, 0.25) is 12.1 Å². The standard InChI is InChI=1S/C26H40ClN4O11P/c1-26(2,14-37-12-11-36-3)24(34)38-15-40-43(4,35)42-39-13-18-19(32)20(33)23(41-18)31-10-9-17-21(28-16-7-5-6-8-16)29-25(27)30-22(17)31/h9-10,16,18-20,23,32-33H,5-8,11-15H2,1-4H3,(H,28,29,30)/t18-,19-,20-,23-,43?/m1/s1. The predicted octanol–water partition coefficient (Wildman–Crippen LogP) is 3.04. The molecule has 1 unspecified atom stereocenters. The second-order valence-corrected chi connectivity index (χ2v) is 13.5. The number of carbonyl (C=O) groups is 1. The van der Waals surface area contributed by atoms with Gasteiger partial charge in [-0.1, -0.05) is 12.8 Å². The molecule has 2 aromatic rings. The molecule has 3 N–H and O–H groups in total. The lowest BCUT2D eigenvalue weighted by atomic mass is 9.95. The summed E-state index contributed by atoms with van der Waals surface area (Å²) in [5, 5.41) is 25.5. The number of fused-ring (bicyclic) bond motifs is 1. The van der Waals surface area contributed by atoms with Crippen LogP contribution in [0.25, 0.3) is 11.0 Å². The minimum Gasteiger partial charge on any atom is -0.437 e. The first-order valence-electron chi connectivity index (χ1n) is 14.0. The van der Waals surface area contributed by atoms with Gasteiger partial charge >= 0.3 is 13.6 Å². The third kappa shape index (κ3) is 8.85. The zero-order valence-corrected chi connectivity index (χ0v) is 26.3. The topological polar surface area (TPSA) is 182 Å². The zero-order chi connectivity index (χ0) is 31.2. The van der Waals surface area contributed by atoms with Crippen LogP contribution < -0.4 is 5.32 Å². The fraction of sp³-hybridized carbons (Fsp3) is 0.731. The highest BCUT2D eigenvalue weighted by molar-refractivity contribution is 7.52. The van der Waals surface area contributed by atoms with Crippen LogP contribution in [-0.4, -0.2) is 102 Å². The number of aliphatic hydroxyl groups excluding tert-OH is 2. The Labute approximate surface area is 254 Å². The molecule has 3 heterocycles. The molecule has 5 atom stereocenters. The number of hydrogen-bond acceptors (Lipinski definition) is 14. The van der Waals surface area contributed by atoms with Crippen molar-refractivity contribution in [1.29, 1.82) is 0 Å². The number of ether oxygens (including phenoxy) is 4. The Morgan fingerprint density at radius 2 is 1.98 bits per heavy atom. The van der Waals surface area contributed by atoms with E-state index in [4.69, 9.17) is 44.6 Å². The molecule has 2 aromatic heterocycles. The normalized spacial score (nSPS) is 24.4. The Hall–Kier alpha value is -1.91. The molecule has 0 bridgehead atoms. The first kappa shape index (κ1) is 34.0. The monoisotopic (exact) mass is 650 g/mol. The molecule has 1 aliphatic heterocycles. The molecule has 4 rings (SSSR count). The van der Waals surface area contributed by atoms with Gasteiger partial charge in [0, 0.05) is 26.0 Å². The van der Waals surface area contributed by atoms with Crippen LogP contribution in [0.3, 0.4) is 0 Å². The number of aromatic nitrogens is 3. The number of anilines is 1. The van der Waals surface area contributed by atoms with Gasteiger partial charge in [0.1, 0.15) is 36.4 Å². The molecule has 1 saturated carbocycles. The van der Waals surface area contributed by atoms with Crippen molar-refractivity contribution in [3.63, 3.8) is 0 Å². The maximum Gasteiger partial charge on any atom is 0.358 e. The van der Waals surface area contributed by atoms with Crippen LogP contribution in [0, 0.1) is 5.41 Å². The van der Waals surface area contributed by atoms with Gasteiger partial charge in [-0.15, -0.1) is 4.67 Å². The lowest BCUT2D eigenvalue weighted by molar-refractivity contribution is -0.241. The number of nitrogens with one attached hydrogen (secondary N) is 1. The number of halogens is 1. The number of methoxy groups -OCH3 is 1. The van der Waals surface area contributed by atoms with Crippen LogP contribution in [0.15, 0.2) is 12.3 Å². The fourth-order valence-corrected chi connectivity index (χ4v) is 5.50. The van der Waals surface area contributed by atoms with E-state index < -0.39 is 56.9 Å². The van der Waals surface area contributed by atoms with E-state index in [1.165, 1.54) is 0 Å². The molecule has 0 aromatic carbocycles. The smallest absolute Gasteiger partial charge is 0.358 e. The van der Waals surface area contributed by atoms with Crippen LogP contribution in [0.1, 0.15) is 45.8 Å². The van der Waals surface area contributed by atoms with Crippen LogP contribution >= 0.6 is 19.2 Å². The van der Waals surface area contributed by atoms with Gasteiger partial charge in [-0.05, 0) is 44.4 Å². The SMILES string of the molecule is COCCOCC(C)(C)C(=O)OCOP(C)(=O)OOC[C@H]1O[C@@H](n2ccc3c(NC4CCCC4)nc(Cl)nc32)[C@H](O)[C@@H]1O. The maximum absolute atomic E-state index is 12.6. The van der Waals surface area contributed by atoms with Crippen molar-refractivity contribution in [2.45, 2.75) is 70.1 Å². The fourth-order valence-electron chi connectivity index (χ4n) is 4.80. The third-order valence-corrected chi connectivity index (χ3v) is 8.32. The summed E-state index contributed by atoms with van der Waals surface area (Å²) in [7, 11) is -2.29. The minimum absolute atomic E-state index is 0.0256. The predicted molar refractivity (Wildman–Crippen MR) is 153 cm³/mol. The summed E-state index contributed by atoms with van der Waals surface area (Å²) in [4.78, 5) is 26.0. The molecular formula is C26H40ClN4O11P. The van der Waals surface area contributed by atoms with E-state index in [9.17, 15) is 19.6 Å². The van der Waals surface area contributed by atoms with E-state index >= 15 is 0 Å². The van der Waals surface area contributed by atoms with Gasteiger partial charge in [0.05, 0.1) is 30.6 Å². The summed E-state index contributed by atoms with van der Waals surface area (Å²) in [6.07, 6.45) is 1.22. The first-order chi connectivity index (χ1) is 20.4. The molecule has 2 fully saturated rings. The van der Waals surface area contributed by atoms with E-state index in [0.717, 1.165) is 32.3 Å². The third-order valence-electron chi connectivity index (χ3n) is 7.20. The minimum atomic E-state index is -3.83. The number of nitrogens with zero attached hydrogens (tertiary/aromatic N) is 3. The second-order valence-electron chi connectivity index (χ2n) is 11.2. The van der Waals surface area contributed by atoms with Gasteiger partial charge in [0.15, 0.2) is 6.23 Å². The molecule has 1 aliphatic carbocycles. The van der Waals surface area contributed by atoms with Gasteiger partial charge in [0.25, 0.3) is 0 Å². The highest BCUT2D eigenvalue weighted by atomic mass is 35.5. The van der Waals surface area contributed by atoms with Crippen molar-refractivity contribution in [3.8, 4) is 0 Å². The van der Waals surface area contributed by atoms with Crippen LogP contribution in [0.5, 0.6) is 0 Å². The average Bonchev–Trinajstić information content (AvgIpc) is 3.67. The van der Waals surface area contributed by atoms with E-state index in [0.29, 0.717) is 30.1 Å². The Kier molecular flexibility index (Phi) is 11.8. The highest BCUT2D eigenvalue weighted by Crippen LogP contribution is 2.44. The van der Waals surface area contributed by atoms with Crippen molar-refractivity contribution < 1.29 is 52.6 Å². The van der Waals surface area contributed by atoms with Crippen molar-refractivity contribution in [1.82, 2.24) is 14.5 Å². The zero-order valence-electron chi connectivity index (χ0n) is 24.6. The number of aliphatic hydroxyl groups is 2. The molecule has 0 spiro atoms. The highest BCUT2D eigenvalue weighted by Gasteiger charge is 2.45. The Balaban J connectivity index is 1.27. The van der Waals surface area contributed by atoms with Gasteiger partial charge in [-0.2, -0.15) is 4.98 Å². The lowest BCUT2D eigenvalue weighted by Crippen LogP contribution is -2.33. The van der Waals surface area contributed by atoms with Gasteiger partial charge in [-0.25, -0.2) is 9.87 Å². The average molecular weight is 651 g/mol. The summed E-state index contributed by atoms with van der Waals surface area (Å²) in [6.45, 7) is 4.13. The van der Waals surface area contributed by atoms with Crippen molar-refractivity contribution in [2.75, 3.05) is 52.3 Å². The van der Waals surface area contributed by atoms with E-state index in [2.05, 4.69) is 15.3 Å². The Morgan fingerprint density at radius 1 is 1.23 bits per heavy atom. The summed E-state index contributed by atoms with van der Waals surface area (Å²) < 4.78 is 45.3. The number of carbonyl (C=O) groups excluding carboxylic acids is 1. The molecule has 43 heavy (non-hydrogen) atoms. The molecule has 17 heteroatoms. The summed E-state index contributed by atoms with van der Waals surface area (Å²) in [5.41, 5.74) is -0.559. The number of hydrogen-bond donors (Lipinski definition) is 3. The van der Waals surface area contributed by atoms with Gasteiger partial charge in [-0.3, -0.25) is 13.9 Å². The molecule has 0 radical (unpaired) electrons. The van der Waals surface area contributed by atoms with E-state index in [1.807, 2.05) is 0 Å². The molecule has 0 amide bonds. The van der Waals surface area contributed by atoms with Crippen LogP contribution in [-0.2, 0) is 42.4 Å². The lowest BCUT2D eigenvalue weighted by Gasteiger charge is -2.22. The summed E-state index contributed by atoms with van der Waals surface area (Å²) >= 11 is 6.22. The first-order valence-corrected chi connectivity index (χ1v) is 16.4. The summed E-state index contributed by atoms with van der Waals surface area (Å²) in [6, 6.07) is 2.07. The quantitative estimate of drug-likeness (QED) is 0.0458. The number of rotatable bonds is 16. The molecule has 2 aliphatic rings. The molecule has 242 valence electrons. The number of esters is 1. The van der Waals surface area contributed by atoms with Gasteiger partial charge < -0.3 is 39.0 Å². The van der Waals surface area contributed by atoms with E-state index in [1.54, 1.807) is 37.8 Å².